The van der Waals surface area contributed by atoms with Gasteiger partial charge < -0.3 is 4.90 Å². The number of hydrogen-bond donors (Lipinski definition) is 0. The maximum Gasteiger partial charge on any atom is 0.147 e. The van der Waals surface area contributed by atoms with Crippen molar-refractivity contribution in [1.29, 1.82) is 5.26 Å². The predicted octanol–water partition coefficient (Wildman–Crippen LogP) is 3.13. The minimum absolute atomic E-state index is 0.453. The SMILES string of the molecule is CCN(CCC#N)c1ncc(Cl)cc1Cl. The summed E-state index contributed by atoms with van der Waals surface area (Å²) in [7, 11) is 0. The third-order valence-electron chi connectivity index (χ3n) is 1.96. The van der Waals surface area contributed by atoms with Crippen LogP contribution in [0, 0.1) is 11.3 Å². The van der Waals surface area contributed by atoms with Crippen molar-refractivity contribution < 1.29 is 0 Å². The van der Waals surface area contributed by atoms with Crippen LogP contribution in [0.1, 0.15) is 13.3 Å². The van der Waals surface area contributed by atoms with Gasteiger partial charge in [-0.15, -0.1) is 0 Å². The van der Waals surface area contributed by atoms with Gasteiger partial charge in [0.1, 0.15) is 5.82 Å². The lowest BCUT2D eigenvalue weighted by Gasteiger charge is -2.21. The maximum atomic E-state index is 8.52. The van der Waals surface area contributed by atoms with Crippen LogP contribution in [0.4, 0.5) is 5.82 Å². The van der Waals surface area contributed by atoms with Gasteiger partial charge in [-0.3, -0.25) is 0 Å². The number of hydrogen-bond acceptors (Lipinski definition) is 3. The molecule has 15 heavy (non-hydrogen) atoms. The van der Waals surface area contributed by atoms with E-state index in [9.17, 15) is 0 Å². The smallest absolute Gasteiger partial charge is 0.147 e. The summed E-state index contributed by atoms with van der Waals surface area (Å²) in [5.41, 5.74) is 0. The Kier molecular flexibility index (Phi) is 4.67. The van der Waals surface area contributed by atoms with E-state index in [1.54, 1.807) is 12.3 Å². The van der Waals surface area contributed by atoms with Gasteiger partial charge >= 0.3 is 0 Å². The molecule has 1 aromatic heterocycles. The number of rotatable bonds is 4. The van der Waals surface area contributed by atoms with Crippen molar-refractivity contribution in [3.05, 3.63) is 22.3 Å². The monoisotopic (exact) mass is 243 g/mol. The topological polar surface area (TPSA) is 39.9 Å². The van der Waals surface area contributed by atoms with Crippen molar-refractivity contribution in [1.82, 2.24) is 4.98 Å². The molecular weight excluding hydrogens is 233 g/mol. The first-order chi connectivity index (χ1) is 7.19. The summed E-state index contributed by atoms with van der Waals surface area (Å²) < 4.78 is 0. The average Bonchev–Trinajstić information content (AvgIpc) is 2.21. The molecule has 0 unspecified atom stereocenters. The molecular formula is C10H11Cl2N3. The van der Waals surface area contributed by atoms with Crippen molar-refractivity contribution in [3.8, 4) is 6.07 Å². The quantitative estimate of drug-likeness (QED) is 0.816. The predicted molar refractivity (Wildman–Crippen MR) is 62.4 cm³/mol. The van der Waals surface area contributed by atoms with Crippen LogP contribution in [0.15, 0.2) is 12.3 Å². The van der Waals surface area contributed by atoms with Gasteiger partial charge in [-0.05, 0) is 13.0 Å². The van der Waals surface area contributed by atoms with Crippen LogP contribution in [0.3, 0.4) is 0 Å². The van der Waals surface area contributed by atoms with Gasteiger partial charge in [-0.2, -0.15) is 5.26 Å². The van der Waals surface area contributed by atoms with E-state index < -0.39 is 0 Å². The second kappa shape index (κ2) is 5.79. The van der Waals surface area contributed by atoms with E-state index in [2.05, 4.69) is 11.1 Å². The van der Waals surface area contributed by atoms with E-state index in [1.165, 1.54) is 0 Å². The van der Waals surface area contributed by atoms with Crippen LogP contribution in [0.5, 0.6) is 0 Å². The summed E-state index contributed by atoms with van der Waals surface area (Å²) in [6.07, 6.45) is 2.01. The standard InChI is InChI=1S/C10H11Cl2N3/c1-2-15(5-3-4-13)10-9(12)6-8(11)7-14-10/h6-7H,2-3,5H2,1H3. The van der Waals surface area contributed by atoms with E-state index in [1.807, 2.05) is 11.8 Å². The number of anilines is 1. The summed E-state index contributed by atoms with van der Waals surface area (Å²) >= 11 is 11.8. The second-order valence-electron chi connectivity index (χ2n) is 2.95. The molecule has 0 saturated heterocycles. The highest BCUT2D eigenvalue weighted by Gasteiger charge is 2.10. The van der Waals surface area contributed by atoms with Gasteiger partial charge in [-0.25, -0.2) is 4.98 Å². The first kappa shape index (κ1) is 12.1. The molecule has 0 aliphatic heterocycles. The molecule has 5 heteroatoms. The average molecular weight is 244 g/mol. The van der Waals surface area contributed by atoms with Crippen LogP contribution in [-0.2, 0) is 0 Å². The molecule has 0 aliphatic carbocycles. The molecule has 0 bridgehead atoms. The Morgan fingerprint density at radius 2 is 2.27 bits per heavy atom. The Morgan fingerprint density at radius 1 is 1.53 bits per heavy atom. The van der Waals surface area contributed by atoms with Crippen molar-refractivity contribution in [2.75, 3.05) is 18.0 Å². The molecule has 80 valence electrons. The maximum absolute atomic E-state index is 8.52. The molecule has 0 spiro atoms. The number of nitrogens with zero attached hydrogens (tertiary/aromatic N) is 3. The first-order valence-electron chi connectivity index (χ1n) is 4.62. The van der Waals surface area contributed by atoms with Crippen LogP contribution < -0.4 is 4.90 Å². The fourth-order valence-corrected chi connectivity index (χ4v) is 1.74. The van der Waals surface area contributed by atoms with Crippen molar-refractivity contribution in [3.63, 3.8) is 0 Å². The molecule has 1 aromatic rings. The molecule has 0 saturated carbocycles. The third kappa shape index (κ3) is 3.26. The Balaban J connectivity index is 2.87. The molecule has 1 rings (SSSR count). The van der Waals surface area contributed by atoms with Gasteiger partial charge in [0.15, 0.2) is 0 Å². The summed E-state index contributed by atoms with van der Waals surface area (Å²) in [6, 6.07) is 3.75. The van der Waals surface area contributed by atoms with Gasteiger partial charge in [-0.1, -0.05) is 23.2 Å². The number of halogens is 2. The largest absolute Gasteiger partial charge is 0.355 e. The van der Waals surface area contributed by atoms with E-state index in [0.29, 0.717) is 28.8 Å². The minimum Gasteiger partial charge on any atom is -0.355 e. The highest BCUT2D eigenvalue weighted by atomic mass is 35.5. The molecule has 0 atom stereocenters. The van der Waals surface area contributed by atoms with Gasteiger partial charge in [0.25, 0.3) is 0 Å². The second-order valence-corrected chi connectivity index (χ2v) is 3.79. The number of aromatic nitrogens is 1. The van der Waals surface area contributed by atoms with E-state index >= 15 is 0 Å². The molecule has 0 radical (unpaired) electrons. The van der Waals surface area contributed by atoms with E-state index in [-0.39, 0.29) is 0 Å². The van der Waals surface area contributed by atoms with Crippen LogP contribution >= 0.6 is 23.2 Å². The van der Waals surface area contributed by atoms with Crippen molar-refractivity contribution in [2.45, 2.75) is 13.3 Å². The van der Waals surface area contributed by atoms with Crippen LogP contribution in [0.25, 0.3) is 0 Å². The molecule has 0 fully saturated rings. The highest BCUT2D eigenvalue weighted by Crippen LogP contribution is 2.25. The third-order valence-corrected chi connectivity index (χ3v) is 2.45. The van der Waals surface area contributed by atoms with E-state index in [4.69, 9.17) is 28.5 Å². The van der Waals surface area contributed by atoms with Crippen LogP contribution in [0.2, 0.25) is 10.0 Å². The van der Waals surface area contributed by atoms with Crippen LogP contribution in [-0.4, -0.2) is 18.1 Å². The van der Waals surface area contributed by atoms with Gasteiger partial charge in [0.05, 0.1) is 22.5 Å². The lowest BCUT2D eigenvalue weighted by atomic mass is 10.3. The molecule has 3 nitrogen and oxygen atoms in total. The lowest BCUT2D eigenvalue weighted by Crippen LogP contribution is -2.24. The van der Waals surface area contributed by atoms with Gasteiger partial charge in [0, 0.05) is 19.3 Å². The minimum atomic E-state index is 0.453. The summed E-state index contributed by atoms with van der Waals surface area (Å²) in [5, 5.41) is 9.55. The Morgan fingerprint density at radius 3 is 2.80 bits per heavy atom. The Hall–Kier alpha value is -0.980. The highest BCUT2D eigenvalue weighted by molar-refractivity contribution is 6.35. The first-order valence-corrected chi connectivity index (χ1v) is 5.37. The van der Waals surface area contributed by atoms with Gasteiger partial charge in [0.2, 0.25) is 0 Å². The van der Waals surface area contributed by atoms with Crippen molar-refractivity contribution >= 4 is 29.0 Å². The number of pyridine rings is 1. The summed E-state index contributed by atoms with van der Waals surface area (Å²) in [5.74, 6) is 0.679. The zero-order chi connectivity index (χ0) is 11.3. The normalized spacial score (nSPS) is 9.73. The number of nitriles is 1. The zero-order valence-corrected chi connectivity index (χ0v) is 9.89. The Labute approximate surface area is 99.2 Å². The molecule has 0 amide bonds. The summed E-state index contributed by atoms with van der Waals surface area (Å²) in [6.45, 7) is 3.38. The van der Waals surface area contributed by atoms with Crippen molar-refractivity contribution in [2.24, 2.45) is 0 Å². The zero-order valence-electron chi connectivity index (χ0n) is 8.37. The molecule has 0 aromatic carbocycles. The fourth-order valence-electron chi connectivity index (χ4n) is 1.24. The van der Waals surface area contributed by atoms with E-state index in [0.717, 1.165) is 6.54 Å². The lowest BCUT2D eigenvalue weighted by molar-refractivity contribution is 0.811. The summed E-state index contributed by atoms with van der Waals surface area (Å²) in [4.78, 5) is 6.10. The Bertz CT molecular complexity index is 373. The molecule has 1 heterocycles. The molecule has 0 aliphatic rings. The molecule has 0 N–H and O–H groups in total. The fraction of sp³-hybridized carbons (Fsp3) is 0.400.